The maximum atomic E-state index is 12.7. The molecule has 1 aliphatic heterocycles. The van der Waals surface area contributed by atoms with Gasteiger partial charge in [0.15, 0.2) is 0 Å². The number of nitrogens with zero attached hydrogens (tertiary/aromatic N) is 2. The molecule has 2 fully saturated rings. The van der Waals surface area contributed by atoms with Gasteiger partial charge < -0.3 is 14.7 Å². The van der Waals surface area contributed by atoms with E-state index in [0.717, 1.165) is 31.2 Å². The van der Waals surface area contributed by atoms with Crippen LogP contribution < -0.4 is 0 Å². The van der Waals surface area contributed by atoms with Crippen molar-refractivity contribution < 1.29 is 14.6 Å². The van der Waals surface area contributed by atoms with Gasteiger partial charge in [0, 0.05) is 11.6 Å². The summed E-state index contributed by atoms with van der Waals surface area (Å²) in [6, 6.07) is 7.34. The van der Waals surface area contributed by atoms with Crippen LogP contribution in [0.5, 0.6) is 0 Å². The number of esters is 1. The van der Waals surface area contributed by atoms with E-state index in [1.54, 1.807) is 19.1 Å². The number of aliphatic hydroxyl groups is 1. The molecule has 1 aromatic carbocycles. The molecule has 3 rings (SSSR count). The SMILES string of the molecule is CCOC(=O)C1(O)C(=NC2CCCCC2)SC(=S)N1Cc1ccc(Cl)cc1. The van der Waals surface area contributed by atoms with Gasteiger partial charge in [-0.25, -0.2) is 4.79 Å². The van der Waals surface area contributed by atoms with Crippen molar-refractivity contribution in [3.05, 3.63) is 34.9 Å². The Hall–Kier alpha value is -1.15. The highest BCUT2D eigenvalue weighted by Crippen LogP contribution is 2.38. The summed E-state index contributed by atoms with van der Waals surface area (Å²) in [7, 11) is 0. The van der Waals surface area contributed by atoms with Gasteiger partial charge in [0.25, 0.3) is 5.72 Å². The summed E-state index contributed by atoms with van der Waals surface area (Å²) in [6.45, 7) is 2.15. The van der Waals surface area contributed by atoms with Crippen LogP contribution in [-0.2, 0) is 16.1 Å². The third kappa shape index (κ3) is 4.47. The van der Waals surface area contributed by atoms with E-state index in [9.17, 15) is 9.90 Å². The number of benzene rings is 1. The van der Waals surface area contributed by atoms with Crippen molar-refractivity contribution >= 4 is 50.9 Å². The van der Waals surface area contributed by atoms with Gasteiger partial charge in [0.05, 0.1) is 12.6 Å². The second kappa shape index (κ2) is 8.90. The number of thiocarbonyl (C=S) groups is 1. The summed E-state index contributed by atoms with van der Waals surface area (Å²) in [6.07, 6.45) is 5.36. The number of ether oxygens (including phenoxy) is 1. The Morgan fingerprint density at radius 1 is 1.37 bits per heavy atom. The Bertz CT molecular complexity index is 735. The van der Waals surface area contributed by atoms with Crippen molar-refractivity contribution in [3.8, 4) is 0 Å². The molecule has 1 atom stereocenters. The lowest BCUT2D eigenvalue weighted by Gasteiger charge is -2.32. The maximum Gasteiger partial charge on any atom is 0.367 e. The minimum atomic E-state index is -1.98. The van der Waals surface area contributed by atoms with Crippen molar-refractivity contribution in [2.24, 2.45) is 4.99 Å². The third-order valence-electron chi connectivity index (χ3n) is 4.78. The van der Waals surface area contributed by atoms with E-state index in [4.69, 9.17) is 33.5 Å². The number of carbonyl (C=O) groups is 1. The van der Waals surface area contributed by atoms with Crippen LogP contribution in [0.25, 0.3) is 0 Å². The maximum absolute atomic E-state index is 12.7. The number of carbonyl (C=O) groups excluding carboxylic acids is 1. The highest BCUT2D eigenvalue weighted by atomic mass is 35.5. The molecule has 0 aromatic heterocycles. The van der Waals surface area contributed by atoms with Crippen molar-refractivity contribution in [2.75, 3.05) is 6.61 Å². The lowest BCUT2D eigenvalue weighted by molar-refractivity contribution is -0.168. The first-order valence-electron chi connectivity index (χ1n) is 9.17. The molecule has 2 aliphatic rings. The molecular weight excluding hydrogens is 404 g/mol. The molecule has 1 N–H and O–H groups in total. The Morgan fingerprint density at radius 2 is 2.04 bits per heavy atom. The van der Waals surface area contributed by atoms with Gasteiger partial charge >= 0.3 is 5.97 Å². The van der Waals surface area contributed by atoms with E-state index in [2.05, 4.69) is 0 Å². The highest BCUT2D eigenvalue weighted by Gasteiger charge is 2.56. The van der Waals surface area contributed by atoms with E-state index in [0.29, 0.717) is 14.4 Å². The zero-order valence-corrected chi connectivity index (χ0v) is 17.6. The molecule has 1 unspecified atom stereocenters. The smallest absolute Gasteiger partial charge is 0.367 e. The highest BCUT2D eigenvalue weighted by molar-refractivity contribution is 8.33. The summed E-state index contributed by atoms with van der Waals surface area (Å²) >= 11 is 12.6. The summed E-state index contributed by atoms with van der Waals surface area (Å²) in [5.41, 5.74) is -1.10. The zero-order chi connectivity index (χ0) is 19.4. The van der Waals surface area contributed by atoms with Crippen LogP contribution in [-0.4, -0.2) is 43.7 Å². The number of rotatable bonds is 5. The van der Waals surface area contributed by atoms with Crippen molar-refractivity contribution in [2.45, 2.75) is 57.3 Å². The molecule has 5 nitrogen and oxygen atoms in total. The van der Waals surface area contributed by atoms with Crippen LogP contribution in [0.1, 0.15) is 44.6 Å². The van der Waals surface area contributed by atoms with Gasteiger partial charge in [-0.1, -0.05) is 55.2 Å². The molecule has 1 aliphatic carbocycles. The molecule has 27 heavy (non-hydrogen) atoms. The molecule has 1 saturated heterocycles. The Labute approximate surface area is 174 Å². The second-order valence-corrected chi connectivity index (χ2v) is 8.76. The first-order chi connectivity index (χ1) is 12.9. The van der Waals surface area contributed by atoms with Gasteiger partial charge in [-0.3, -0.25) is 4.99 Å². The molecule has 0 bridgehead atoms. The minimum Gasteiger partial charge on any atom is -0.462 e. The summed E-state index contributed by atoms with van der Waals surface area (Å²) in [5.74, 6) is -0.735. The number of hydrogen-bond donors (Lipinski definition) is 1. The predicted octanol–water partition coefficient (Wildman–Crippen LogP) is 4.16. The van der Waals surface area contributed by atoms with Crippen LogP contribution in [0.3, 0.4) is 0 Å². The molecule has 0 radical (unpaired) electrons. The van der Waals surface area contributed by atoms with Gasteiger partial charge in [-0.15, -0.1) is 0 Å². The quantitative estimate of drug-likeness (QED) is 0.563. The third-order valence-corrected chi connectivity index (χ3v) is 6.48. The van der Waals surface area contributed by atoms with Crippen LogP contribution in [0.15, 0.2) is 29.3 Å². The first-order valence-corrected chi connectivity index (χ1v) is 10.8. The molecule has 0 spiro atoms. The molecule has 1 aromatic rings. The van der Waals surface area contributed by atoms with Gasteiger partial charge in [-0.2, -0.15) is 0 Å². The van der Waals surface area contributed by atoms with Crippen molar-refractivity contribution in [3.63, 3.8) is 0 Å². The molecule has 0 amide bonds. The van der Waals surface area contributed by atoms with E-state index in [1.807, 2.05) is 12.1 Å². The zero-order valence-electron chi connectivity index (χ0n) is 15.2. The van der Waals surface area contributed by atoms with Crippen molar-refractivity contribution in [1.29, 1.82) is 0 Å². The average molecular weight is 427 g/mol. The molecule has 1 saturated carbocycles. The van der Waals surface area contributed by atoms with E-state index in [1.165, 1.54) is 23.1 Å². The molecule has 1 heterocycles. The lowest BCUT2D eigenvalue weighted by Crippen LogP contribution is -2.56. The average Bonchev–Trinajstić information content (AvgIpc) is 2.90. The van der Waals surface area contributed by atoms with Gasteiger partial charge in [-0.05, 0) is 49.2 Å². The minimum absolute atomic E-state index is 0.112. The predicted molar refractivity (Wildman–Crippen MR) is 113 cm³/mol. The van der Waals surface area contributed by atoms with E-state index < -0.39 is 11.7 Å². The Balaban J connectivity index is 1.92. The summed E-state index contributed by atoms with van der Waals surface area (Å²) < 4.78 is 5.59. The summed E-state index contributed by atoms with van der Waals surface area (Å²) in [5, 5.41) is 12.4. The van der Waals surface area contributed by atoms with Crippen LogP contribution >= 0.6 is 35.6 Å². The molecule has 8 heteroatoms. The monoisotopic (exact) mass is 426 g/mol. The van der Waals surface area contributed by atoms with E-state index >= 15 is 0 Å². The number of halogens is 1. The first kappa shape index (κ1) is 20.6. The van der Waals surface area contributed by atoms with Gasteiger partial charge in [0.1, 0.15) is 9.36 Å². The Kier molecular flexibility index (Phi) is 6.78. The molecular formula is C19H23ClN2O3S2. The summed E-state index contributed by atoms with van der Waals surface area (Å²) in [4.78, 5) is 19.0. The molecule has 146 valence electrons. The normalized spacial score (nSPS) is 25.2. The second-order valence-electron chi connectivity index (χ2n) is 6.70. The largest absolute Gasteiger partial charge is 0.462 e. The van der Waals surface area contributed by atoms with Crippen molar-refractivity contribution in [1.82, 2.24) is 4.90 Å². The standard InChI is InChI=1S/C19H23ClN2O3S2/c1-2-25-17(23)19(24)16(21-15-6-4-3-5-7-15)27-18(26)22(19)12-13-8-10-14(20)11-9-13/h8-11,15,24H,2-7,12H2,1H3. The van der Waals surface area contributed by atoms with Crippen LogP contribution in [0.4, 0.5) is 0 Å². The fraction of sp³-hybridized carbons (Fsp3) is 0.526. The number of thioether (sulfide) groups is 1. The fourth-order valence-electron chi connectivity index (χ4n) is 3.33. The van der Waals surface area contributed by atoms with Gasteiger partial charge in [0.2, 0.25) is 0 Å². The fourth-order valence-corrected chi connectivity index (χ4v) is 4.90. The topological polar surface area (TPSA) is 62.1 Å². The van der Waals surface area contributed by atoms with Crippen LogP contribution in [0, 0.1) is 0 Å². The number of hydrogen-bond acceptors (Lipinski definition) is 6. The Morgan fingerprint density at radius 3 is 2.67 bits per heavy atom. The van der Waals surface area contributed by atoms with Crippen LogP contribution in [0.2, 0.25) is 5.02 Å². The number of aliphatic imine (C=N–C) groups is 1. The van der Waals surface area contributed by atoms with E-state index in [-0.39, 0.29) is 19.2 Å². The lowest BCUT2D eigenvalue weighted by atomic mass is 9.96.